The third kappa shape index (κ3) is 4.67. The fourth-order valence-electron chi connectivity index (χ4n) is 2.01. The van der Waals surface area contributed by atoms with E-state index in [1.54, 1.807) is 11.4 Å². The van der Waals surface area contributed by atoms with Crippen LogP contribution >= 0.6 is 34.9 Å². The van der Waals surface area contributed by atoms with Crippen LogP contribution in [0.25, 0.3) is 5.78 Å². The van der Waals surface area contributed by atoms with Gasteiger partial charge < -0.3 is 4.74 Å². The number of fused-ring (bicyclic) bond motifs is 1. The highest BCUT2D eigenvalue weighted by molar-refractivity contribution is 8.01. The number of thioether (sulfide) groups is 2. The average Bonchev–Trinajstić information content (AvgIpc) is 3.17. The summed E-state index contributed by atoms with van der Waals surface area (Å²) in [4.78, 5) is 20.2. The van der Waals surface area contributed by atoms with Gasteiger partial charge in [0, 0.05) is 11.4 Å². The average molecular weight is 397 g/mol. The molecular formula is C14H16N6O2S3. The summed E-state index contributed by atoms with van der Waals surface area (Å²) in [5.41, 5.74) is 1.91. The van der Waals surface area contributed by atoms with Crippen molar-refractivity contribution < 1.29 is 9.53 Å². The van der Waals surface area contributed by atoms with Gasteiger partial charge in [0.25, 0.3) is 5.78 Å². The summed E-state index contributed by atoms with van der Waals surface area (Å²) in [6.07, 6.45) is 0. The zero-order chi connectivity index (χ0) is 17.8. The fourth-order valence-corrected chi connectivity index (χ4v) is 4.51. The van der Waals surface area contributed by atoms with Crippen molar-refractivity contribution in [2.45, 2.75) is 36.0 Å². The lowest BCUT2D eigenvalue weighted by atomic mass is 10.4. The summed E-state index contributed by atoms with van der Waals surface area (Å²) in [6, 6.07) is 1.97. The van der Waals surface area contributed by atoms with Gasteiger partial charge in [0.2, 0.25) is 5.16 Å². The first-order chi connectivity index (χ1) is 12.0. The van der Waals surface area contributed by atoms with E-state index < -0.39 is 0 Å². The van der Waals surface area contributed by atoms with Gasteiger partial charge in [-0.1, -0.05) is 34.9 Å². The van der Waals surface area contributed by atoms with E-state index in [0.29, 0.717) is 23.3 Å². The molecule has 3 heterocycles. The molecule has 3 aromatic rings. The Hall–Kier alpha value is -1.72. The smallest absolute Gasteiger partial charge is 0.316 e. The molecule has 0 saturated heterocycles. The number of nitrogens with zero attached hydrogens (tertiary/aromatic N) is 6. The molecule has 0 spiro atoms. The van der Waals surface area contributed by atoms with Crippen molar-refractivity contribution in [3.63, 3.8) is 0 Å². The molecular weight excluding hydrogens is 380 g/mol. The predicted octanol–water partition coefficient (Wildman–Crippen LogP) is 2.54. The second kappa shape index (κ2) is 8.11. The van der Waals surface area contributed by atoms with E-state index >= 15 is 0 Å². The molecule has 3 aromatic heterocycles. The second-order valence-corrected chi connectivity index (χ2v) is 8.22. The summed E-state index contributed by atoms with van der Waals surface area (Å²) in [6.45, 7) is 6.08. The van der Waals surface area contributed by atoms with Gasteiger partial charge in [-0.25, -0.2) is 9.50 Å². The van der Waals surface area contributed by atoms with Gasteiger partial charge in [-0.15, -0.1) is 15.3 Å². The first kappa shape index (κ1) is 18.1. The summed E-state index contributed by atoms with van der Waals surface area (Å²) in [5, 5.41) is 14.2. The molecule has 0 fully saturated rings. The molecule has 0 amide bonds. The molecule has 0 radical (unpaired) electrons. The normalized spacial score (nSPS) is 11.2. The SMILES string of the molecule is CCOC(=O)CSc1nnc(CSc2nc3nc(C)cc(C)n3n2)s1. The standard InChI is InChI=1S/C14H16N6O2S3/c1-4-22-11(21)7-24-14-18-17-10(25-14)6-23-13-16-12-15-8(2)5-9(3)20(12)19-13/h5H,4,6-7H2,1-3H3. The monoisotopic (exact) mass is 396 g/mol. The summed E-state index contributed by atoms with van der Waals surface area (Å²) in [5.74, 6) is 1.22. The largest absolute Gasteiger partial charge is 0.465 e. The maximum absolute atomic E-state index is 11.4. The van der Waals surface area contributed by atoms with Gasteiger partial charge in [-0.2, -0.15) is 4.98 Å². The van der Waals surface area contributed by atoms with Crippen LogP contribution in [-0.4, -0.2) is 48.1 Å². The van der Waals surface area contributed by atoms with Crippen LogP contribution in [0.5, 0.6) is 0 Å². The molecule has 0 aliphatic heterocycles. The highest BCUT2D eigenvalue weighted by Gasteiger charge is 2.12. The third-order valence-electron chi connectivity index (χ3n) is 2.99. The van der Waals surface area contributed by atoms with Crippen LogP contribution in [0.3, 0.4) is 0 Å². The van der Waals surface area contributed by atoms with Crippen LogP contribution in [0.15, 0.2) is 15.6 Å². The Balaban J connectivity index is 1.59. The summed E-state index contributed by atoms with van der Waals surface area (Å²) < 4.78 is 7.37. The lowest BCUT2D eigenvalue weighted by Gasteiger charge is -1.98. The highest BCUT2D eigenvalue weighted by Crippen LogP contribution is 2.27. The van der Waals surface area contributed by atoms with E-state index in [0.717, 1.165) is 20.7 Å². The van der Waals surface area contributed by atoms with Crippen molar-refractivity contribution in [2.75, 3.05) is 12.4 Å². The topological polar surface area (TPSA) is 95.2 Å². The molecule has 0 aliphatic rings. The molecule has 11 heteroatoms. The van der Waals surface area contributed by atoms with Gasteiger partial charge in [0.05, 0.1) is 18.1 Å². The molecule has 0 N–H and O–H groups in total. The number of carbonyl (C=O) groups is 1. The Kier molecular flexibility index (Phi) is 5.86. The van der Waals surface area contributed by atoms with Crippen molar-refractivity contribution >= 4 is 46.6 Å². The number of ether oxygens (including phenoxy) is 1. The highest BCUT2D eigenvalue weighted by atomic mass is 32.2. The van der Waals surface area contributed by atoms with Crippen molar-refractivity contribution in [2.24, 2.45) is 0 Å². The summed E-state index contributed by atoms with van der Waals surface area (Å²) in [7, 11) is 0. The first-order valence-corrected chi connectivity index (χ1v) is 10.3. The van der Waals surface area contributed by atoms with Crippen LogP contribution in [0.1, 0.15) is 23.3 Å². The van der Waals surface area contributed by atoms with Crippen LogP contribution in [0.4, 0.5) is 0 Å². The van der Waals surface area contributed by atoms with Gasteiger partial charge >= 0.3 is 5.97 Å². The number of hydrogen-bond acceptors (Lipinski definition) is 10. The third-order valence-corrected chi connectivity index (χ3v) is 6.05. The van der Waals surface area contributed by atoms with E-state index in [1.807, 2.05) is 19.9 Å². The lowest BCUT2D eigenvalue weighted by molar-refractivity contribution is -0.139. The second-order valence-electron chi connectivity index (χ2n) is 4.99. The lowest BCUT2D eigenvalue weighted by Crippen LogP contribution is -2.06. The molecule has 25 heavy (non-hydrogen) atoms. The van der Waals surface area contributed by atoms with E-state index in [2.05, 4.69) is 25.3 Å². The van der Waals surface area contributed by atoms with Crippen molar-refractivity contribution in [3.8, 4) is 0 Å². The Bertz CT molecular complexity index is 894. The zero-order valence-corrected chi connectivity index (χ0v) is 16.4. The fraction of sp³-hybridized carbons (Fsp3) is 0.429. The predicted molar refractivity (Wildman–Crippen MR) is 97.1 cm³/mol. The molecule has 0 aromatic carbocycles. The van der Waals surface area contributed by atoms with Gasteiger partial charge in [0.15, 0.2) is 4.34 Å². The van der Waals surface area contributed by atoms with Crippen molar-refractivity contribution in [1.29, 1.82) is 0 Å². The molecule has 0 aliphatic carbocycles. The molecule has 0 bridgehead atoms. The minimum absolute atomic E-state index is 0.244. The Morgan fingerprint density at radius 2 is 2.12 bits per heavy atom. The van der Waals surface area contributed by atoms with Gasteiger partial charge in [-0.05, 0) is 26.8 Å². The molecule has 0 saturated carbocycles. The van der Waals surface area contributed by atoms with E-state index in [4.69, 9.17) is 4.74 Å². The first-order valence-electron chi connectivity index (χ1n) is 7.49. The van der Waals surface area contributed by atoms with E-state index in [9.17, 15) is 4.79 Å². The number of hydrogen-bond donors (Lipinski definition) is 0. The van der Waals surface area contributed by atoms with Crippen LogP contribution < -0.4 is 0 Å². The molecule has 3 rings (SSSR count). The zero-order valence-electron chi connectivity index (χ0n) is 13.9. The Labute approximate surface area is 156 Å². The number of aryl methyl sites for hydroxylation is 2. The van der Waals surface area contributed by atoms with Gasteiger partial charge in [0.1, 0.15) is 5.01 Å². The number of aromatic nitrogens is 6. The molecule has 132 valence electrons. The summed E-state index contributed by atoms with van der Waals surface area (Å²) >= 11 is 4.28. The number of esters is 1. The molecule has 0 atom stereocenters. The molecule has 0 unspecified atom stereocenters. The quantitative estimate of drug-likeness (QED) is 0.441. The Morgan fingerprint density at radius 1 is 1.28 bits per heavy atom. The van der Waals surface area contributed by atoms with Crippen molar-refractivity contribution in [1.82, 2.24) is 29.8 Å². The number of carbonyl (C=O) groups excluding carboxylic acids is 1. The van der Waals surface area contributed by atoms with Crippen LogP contribution in [0.2, 0.25) is 0 Å². The minimum Gasteiger partial charge on any atom is -0.465 e. The number of rotatable bonds is 7. The Morgan fingerprint density at radius 3 is 2.92 bits per heavy atom. The van der Waals surface area contributed by atoms with Gasteiger partial charge in [-0.3, -0.25) is 4.79 Å². The maximum Gasteiger partial charge on any atom is 0.316 e. The van der Waals surface area contributed by atoms with E-state index in [-0.39, 0.29) is 11.7 Å². The van der Waals surface area contributed by atoms with Crippen molar-refractivity contribution in [3.05, 3.63) is 22.5 Å². The maximum atomic E-state index is 11.4. The minimum atomic E-state index is -0.245. The van der Waals surface area contributed by atoms with Crippen LogP contribution in [0, 0.1) is 13.8 Å². The van der Waals surface area contributed by atoms with Crippen LogP contribution in [-0.2, 0) is 15.3 Å². The molecule has 8 nitrogen and oxygen atoms in total. The van der Waals surface area contributed by atoms with E-state index in [1.165, 1.54) is 34.9 Å².